The van der Waals surface area contributed by atoms with Crippen LogP contribution in [0.3, 0.4) is 0 Å². The molecule has 0 unspecified atom stereocenters. The van der Waals surface area contributed by atoms with Crippen molar-refractivity contribution < 1.29 is 18.3 Å². The molecule has 7 heteroatoms. The third kappa shape index (κ3) is 2.37. The Balaban J connectivity index is 1.93. The van der Waals surface area contributed by atoms with Crippen molar-refractivity contribution in [1.82, 2.24) is 9.78 Å². The normalized spacial score (nSPS) is 11.1. The topological polar surface area (TPSA) is 81.1 Å². The van der Waals surface area contributed by atoms with E-state index < -0.39 is 11.7 Å². The first-order valence-corrected chi connectivity index (χ1v) is 7.43. The predicted octanol–water partition coefficient (Wildman–Crippen LogP) is 3.05. The molecule has 0 atom stereocenters. The number of methoxy groups -OCH3 is 1. The first kappa shape index (κ1) is 15.1. The molecule has 1 N–H and O–H groups in total. The monoisotopic (exact) mass is 337 g/mol. The molecule has 0 bridgehead atoms. The summed E-state index contributed by atoms with van der Waals surface area (Å²) in [6, 6.07) is 12.3. The van der Waals surface area contributed by atoms with Gasteiger partial charge in [-0.15, -0.1) is 5.10 Å². The van der Waals surface area contributed by atoms with Gasteiger partial charge in [-0.3, -0.25) is 10.2 Å². The van der Waals surface area contributed by atoms with E-state index in [0.29, 0.717) is 16.9 Å². The van der Waals surface area contributed by atoms with E-state index >= 15 is 0 Å². The van der Waals surface area contributed by atoms with Gasteiger partial charge in [0.15, 0.2) is 16.8 Å². The molecule has 124 valence electrons. The number of halogens is 1. The lowest BCUT2D eigenvalue weighted by molar-refractivity contribution is 0.0939. The van der Waals surface area contributed by atoms with Gasteiger partial charge in [-0.25, -0.2) is 4.39 Å². The quantitative estimate of drug-likeness (QED) is 0.609. The summed E-state index contributed by atoms with van der Waals surface area (Å²) < 4.78 is 25.3. The summed E-state index contributed by atoms with van der Waals surface area (Å²) in [5.74, 6) is -0.482. The predicted molar refractivity (Wildman–Crippen MR) is 87.2 cm³/mol. The minimum absolute atomic E-state index is 0.100. The van der Waals surface area contributed by atoms with E-state index in [2.05, 4.69) is 5.10 Å². The van der Waals surface area contributed by atoms with Gasteiger partial charge in [0.1, 0.15) is 5.82 Å². The van der Waals surface area contributed by atoms with Gasteiger partial charge in [0.25, 0.3) is 5.91 Å². The van der Waals surface area contributed by atoms with Gasteiger partial charge in [-0.1, -0.05) is 18.2 Å². The van der Waals surface area contributed by atoms with E-state index in [1.165, 1.54) is 25.3 Å². The van der Waals surface area contributed by atoms with Crippen molar-refractivity contribution in [3.63, 3.8) is 0 Å². The van der Waals surface area contributed by atoms with Crippen LogP contribution >= 0.6 is 0 Å². The van der Waals surface area contributed by atoms with Crippen LogP contribution in [0.2, 0.25) is 0 Å². The highest BCUT2D eigenvalue weighted by Gasteiger charge is 2.22. The highest BCUT2D eigenvalue weighted by molar-refractivity contribution is 5.96. The summed E-state index contributed by atoms with van der Waals surface area (Å²) in [4.78, 5) is 12.6. The number of nitrogens with one attached hydrogen (secondary N) is 1. The van der Waals surface area contributed by atoms with E-state index in [1.807, 2.05) is 6.07 Å². The van der Waals surface area contributed by atoms with Crippen molar-refractivity contribution >= 4 is 16.9 Å². The number of ether oxygens (including phenoxy) is 1. The Hall–Kier alpha value is -3.48. The Bertz CT molecular complexity index is 1150. The summed E-state index contributed by atoms with van der Waals surface area (Å²) >= 11 is 0. The van der Waals surface area contributed by atoms with Gasteiger partial charge in [0, 0.05) is 10.9 Å². The molecule has 0 saturated heterocycles. The molecule has 2 heterocycles. The van der Waals surface area contributed by atoms with Crippen molar-refractivity contribution in [2.24, 2.45) is 0 Å². The molecule has 2 aromatic rings. The number of rotatable bonds is 2. The summed E-state index contributed by atoms with van der Waals surface area (Å²) in [5, 5.41) is 13.0. The first-order valence-electron chi connectivity index (χ1n) is 7.43. The second-order valence-corrected chi connectivity index (χ2v) is 5.42. The molecule has 0 aliphatic carbocycles. The van der Waals surface area contributed by atoms with E-state index in [9.17, 15) is 9.18 Å². The maximum absolute atomic E-state index is 13.4. The van der Waals surface area contributed by atoms with E-state index in [1.54, 1.807) is 18.2 Å². The molecule has 25 heavy (non-hydrogen) atoms. The Morgan fingerprint density at radius 2 is 2.04 bits per heavy atom. The van der Waals surface area contributed by atoms with Gasteiger partial charge >= 0.3 is 0 Å². The zero-order valence-electron chi connectivity index (χ0n) is 13.1. The number of carbonyl (C=O) groups is 1. The SMILES string of the molecule is COc1cccc2cc3c(=N)n(C(=O)c4cccc(F)c4)nc-3oc12. The zero-order valence-corrected chi connectivity index (χ0v) is 13.1. The molecule has 0 fully saturated rings. The largest absolute Gasteiger partial charge is 0.493 e. The summed E-state index contributed by atoms with van der Waals surface area (Å²) in [6.07, 6.45) is 0. The van der Waals surface area contributed by atoms with Crippen LogP contribution in [-0.2, 0) is 0 Å². The number of hydrogen-bond acceptors (Lipinski definition) is 5. The molecule has 6 nitrogen and oxygen atoms in total. The van der Waals surface area contributed by atoms with Gasteiger partial charge in [0.2, 0.25) is 5.89 Å². The Morgan fingerprint density at radius 1 is 1.24 bits per heavy atom. The third-order valence-corrected chi connectivity index (χ3v) is 3.88. The number of para-hydroxylation sites is 1. The molecule has 2 aliphatic rings. The summed E-state index contributed by atoms with van der Waals surface area (Å²) in [7, 11) is 1.52. The van der Waals surface area contributed by atoms with E-state index in [-0.39, 0.29) is 16.9 Å². The van der Waals surface area contributed by atoms with Crippen LogP contribution in [0.5, 0.6) is 5.75 Å². The first-order chi connectivity index (χ1) is 12.1. The molecule has 0 amide bonds. The lowest BCUT2D eigenvalue weighted by Crippen LogP contribution is -2.25. The third-order valence-electron chi connectivity index (χ3n) is 3.88. The van der Waals surface area contributed by atoms with Gasteiger partial charge < -0.3 is 9.15 Å². The molecule has 2 aromatic carbocycles. The number of nitrogens with zero attached hydrogens (tertiary/aromatic N) is 2. The maximum atomic E-state index is 13.4. The van der Waals surface area contributed by atoms with Crippen molar-refractivity contribution in [1.29, 1.82) is 5.41 Å². The average molecular weight is 337 g/mol. The fourth-order valence-corrected chi connectivity index (χ4v) is 2.67. The number of aromatic nitrogens is 2. The zero-order chi connectivity index (χ0) is 17.6. The van der Waals surface area contributed by atoms with Crippen LogP contribution in [0.1, 0.15) is 10.4 Å². The Morgan fingerprint density at radius 3 is 2.80 bits per heavy atom. The van der Waals surface area contributed by atoms with E-state index in [0.717, 1.165) is 16.1 Å². The molecular weight excluding hydrogens is 325 g/mol. The second kappa shape index (κ2) is 5.55. The van der Waals surface area contributed by atoms with E-state index in [4.69, 9.17) is 14.6 Å². The van der Waals surface area contributed by atoms with Gasteiger partial charge in [0.05, 0.1) is 12.7 Å². The summed E-state index contributed by atoms with van der Waals surface area (Å²) in [5.41, 5.74) is 0.826. The number of hydrogen-bond donors (Lipinski definition) is 1. The highest BCUT2D eigenvalue weighted by atomic mass is 19.1. The Kier molecular flexibility index (Phi) is 3.35. The van der Waals surface area contributed by atoms with Crippen molar-refractivity contribution in [3.05, 3.63) is 65.4 Å². The summed E-state index contributed by atoms with van der Waals surface area (Å²) in [6.45, 7) is 0. The lowest BCUT2D eigenvalue weighted by Gasteiger charge is -2.05. The van der Waals surface area contributed by atoms with Crippen molar-refractivity contribution in [2.45, 2.75) is 0 Å². The number of fused-ring (bicyclic) bond motifs is 2. The fourth-order valence-electron chi connectivity index (χ4n) is 2.67. The van der Waals surface area contributed by atoms with Gasteiger partial charge in [-0.05, 0) is 30.3 Å². The number of benzene rings is 2. The lowest BCUT2D eigenvalue weighted by atomic mass is 10.1. The van der Waals surface area contributed by atoms with Crippen LogP contribution in [0, 0.1) is 11.2 Å². The highest BCUT2D eigenvalue weighted by Crippen LogP contribution is 2.30. The molecule has 0 saturated carbocycles. The van der Waals surface area contributed by atoms with Crippen molar-refractivity contribution in [3.8, 4) is 17.2 Å². The molecular formula is C18H12FN3O3. The van der Waals surface area contributed by atoms with Crippen LogP contribution in [-0.4, -0.2) is 22.8 Å². The van der Waals surface area contributed by atoms with Crippen LogP contribution in [0.15, 0.2) is 52.9 Å². The van der Waals surface area contributed by atoms with Crippen LogP contribution in [0.25, 0.3) is 22.4 Å². The molecule has 0 spiro atoms. The average Bonchev–Trinajstić information content (AvgIpc) is 2.95. The molecule has 0 radical (unpaired) electrons. The maximum Gasteiger partial charge on any atom is 0.280 e. The Labute approximate surface area is 140 Å². The fraction of sp³-hybridized carbons (Fsp3) is 0.0556. The van der Waals surface area contributed by atoms with Crippen LogP contribution in [0.4, 0.5) is 4.39 Å². The smallest absolute Gasteiger partial charge is 0.280 e. The number of carbonyl (C=O) groups excluding carboxylic acids is 1. The molecule has 2 aliphatic heterocycles. The van der Waals surface area contributed by atoms with Crippen LogP contribution < -0.4 is 10.2 Å². The molecule has 4 rings (SSSR count). The second-order valence-electron chi connectivity index (χ2n) is 5.42. The van der Waals surface area contributed by atoms with Crippen molar-refractivity contribution in [2.75, 3.05) is 7.11 Å². The standard InChI is InChI=1S/C18H12FN3O3/c1-24-14-7-3-4-10-9-13-16(20)22(21-17(13)25-15(10)14)18(23)11-5-2-6-12(19)8-11/h2-9,20H,1H3. The van der Waals surface area contributed by atoms with Gasteiger partial charge in [-0.2, -0.15) is 4.68 Å². The minimum Gasteiger partial charge on any atom is -0.493 e. The minimum atomic E-state index is -0.605. The molecule has 0 aromatic heterocycles.